The van der Waals surface area contributed by atoms with Crippen molar-refractivity contribution in [1.29, 1.82) is 0 Å². The Kier molecular flexibility index (Phi) is 8.13. The summed E-state index contributed by atoms with van der Waals surface area (Å²) in [7, 11) is 0. The number of unbranched alkanes of at least 4 members (excludes halogenated alkanes) is 3. The fourth-order valence-corrected chi connectivity index (χ4v) is 3.30. The summed E-state index contributed by atoms with van der Waals surface area (Å²) in [6.07, 6.45) is 9.63. The van der Waals surface area contributed by atoms with E-state index in [2.05, 4.69) is 39.9 Å². The van der Waals surface area contributed by atoms with Gasteiger partial charge in [0.05, 0.1) is 6.10 Å². The van der Waals surface area contributed by atoms with Gasteiger partial charge in [-0.25, -0.2) is 0 Å². The second kappa shape index (κ2) is 9.04. The van der Waals surface area contributed by atoms with E-state index in [1.807, 2.05) is 0 Å². The highest BCUT2D eigenvalue weighted by atomic mass is 16.5. The van der Waals surface area contributed by atoms with Gasteiger partial charge in [0.1, 0.15) is 0 Å². The molecule has 120 valence electrons. The van der Waals surface area contributed by atoms with Crippen molar-refractivity contribution in [2.45, 2.75) is 91.2 Å². The number of hydrogen-bond acceptors (Lipinski definition) is 2. The minimum Gasteiger partial charge on any atom is -0.378 e. The summed E-state index contributed by atoms with van der Waals surface area (Å²) in [6.45, 7) is 13.5. The highest BCUT2D eigenvalue weighted by Crippen LogP contribution is 2.30. The molecule has 2 unspecified atom stereocenters. The van der Waals surface area contributed by atoms with Gasteiger partial charge >= 0.3 is 0 Å². The van der Waals surface area contributed by atoms with E-state index in [1.165, 1.54) is 44.9 Å². The number of nitrogens with one attached hydrogen (secondary N) is 1. The van der Waals surface area contributed by atoms with E-state index in [9.17, 15) is 0 Å². The van der Waals surface area contributed by atoms with Crippen LogP contribution in [0.4, 0.5) is 0 Å². The smallest absolute Gasteiger partial charge is 0.0580 e. The zero-order chi connectivity index (χ0) is 15.0. The van der Waals surface area contributed by atoms with Gasteiger partial charge in [-0.15, -0.1) is 0 Å². The molecule has 1 aliphatic rings. The Bertz CT molecular complexity index is 236. The summed E-state index contributed by atoms with van der Waals surface area (Å²) in [5.74, 6) is 1.71. The number of hydrogen-bond donors (Lipinski definition) is 1. The maximum absolute atomic E-state index is 6.07. The number of ether oxygens (including phenoxy) is 1. The molecular formula is C18H37NO. The molecule has 1 saturated carbocycles. The standard InChI is InChI=1S/C18H37NO/c1-15-12-16(2)14-17(13-15)20-11-9-7-6-8-10-19-18(3,4)5/h15-17,19H,6-14H2,1-5H3. The van der Waals surface area contributed by atoms with Gasteiger partial charge in [-0.05, 0) is 71.3 Å². The van der Waals surface area contributed by atoms with Gasteiger partial charge in [0.25, 0.3) is 0 Å². The van der Waals surface area contributed by atoms with E-state index in [1.54, 1.807) is 0 Å². The first kappa shape index (κ1) is 18.0. The molecule has 2 nitrogen and oxygen atoms in total. The van der Waals surface area contributed by atoms with Gasteiger partial charge in [-0.1, -0.05) is 26.7 Å². The predicted molar refractivity (Wildman–Crippen MR) is 88.1 cm³/mol. The largest absolute Gasteiger partial charge is 0.378 e. The molecule has 2 atom stereocenters. The van der Waals surface area contributed by atoms with E-state index in [0.29, 0.717) is 6.10 Å². The Morgan fingerprint density at radius 1 is 0.900 bits per heavy atom. The first-order chi connectivity index (χ1) is 9.37. The van der Waals surface area contributed by atoms with Crippen molar-refractivity contribution in [2.24, 2.45) is 11.8 Å². The summed E-state index contributed by atoms with van der Waals surface area (Å²) in [5.41, 5.74) is 0.261. The summed E-state index contributed by atoms with van der Waals surface area (Å²) in [4.78, 5) is 0. The van der Waals surface area contributed by atoms with E-state index >= 15 is 0 Å². The summed E-state index contributed by atoms with van der Waals surface area (Å²) < 4.78 is 6.07. The zero-order valence-electron chi connectivity index (χ0n) is 14.5. The fourth-order valence-electron chi connectivity index (χ4n) is 3.30. The molecule has 0 aromatic rings. The van der Waals surface area contributed by atoms with Crippen molar-refractivity contribution in [3.8, 4) is 0 Å². The van der Waals surface area contributed by atoms with E-state index in [4.69, 9.17) is 4.74 Å². The lowest BCUT2D eigenvalue weighted by Gasteiger charge is -2.31. The van der Waals surface area contributed by atoms with Crippen LogP contribution < -0.4 is 5.32 Å². The van der Waals surface area contributed by atoms with Crippen molar-refractivity contribution in [1.82, 2.24) is 5.32 Å². The fraction of sp³-hybridized carbons (Fsp3) is 1.00. The van der Waals surface area contributed by atoms with Crippen LogP contribution in [0.2, 0.25) is 0 Å². The van der Waals surface area contributed by atoms with Gasteiger partial charge in [0.2, 0.25) is 0 Å². The lowest BCUT2D eigenvalue weighted by molar-refractivity contribution is -0.000624. The molecule has 0 spiro atoms. The molecule has 20 heavy (non-hydrogen) atoms. The first-order valence-corrected chi connectivity index (χ1v) is 8.73. The number of rotatable bonds is 8. The molecule has 0 amide bonds. The van der Waals surface area contributed by atoms with Crippen LogP contribution in [-0.2, 0) is 4.74 Å². The molecule has 1 N–H and O–H groups in total. The highest BCUT2D eigenvalue weighted by molar-refractivity contribution is 4.75. The van der Waals surface area contributed by atoms with E-state index in [-0.39, 0.29) is 5.54 Å². The van der Waals surface area contributed by atoms with Gasteiger partial charge in [0, 0.05) is 12.1 Å². The average Bonchev–Trinajstić information content (AvgIpc) is 2.30. The molecule has 0 bridgehead atoms. The lowest BCUT2D eigenvalue weighted by atomic mass is 9.82. The van der Waals surface area contributed by atoms with Crippen LogP contribution >= 0.6 is 0 Å². The van der Waals surface area contributed by atoms with Crippen LogP contribution in [0.5, 0.6) is 0 Å². The molecule has 0 aliphatic heterocycles. The van der Waals surface area contributed by atoms with E-state index < -0.39 is 0 Å². The van der Waals surface area contributed by atoms with Gasteiger partial charge in [-0.2, -0.15) is 0 Å². The Morgan fingerprint density at radius 2 is 1.50 bits per heavy atom. The second-order valence-electron chi connectivity index (χ2n) is 8.00. The lowest BCUT2D eigenvalue weighted by Crippen LogP contribution is -2.36. The van der Waals surface area contributed by atoms with Crippen molar-refractivity contribution in [3.63, 3.8) is 0 Å². The molecule has 0 aromatic heterocycles. The third-order valence-corrected chi connectivity index (χ3v) is 4.22. The predicted octanol–water partition coefficient (Wildman–Crippen LogP) is 4.78. The highest BCUT2D eigenvalue weighted by Gasteiger charge is 2.23. The molecule has 1 fully saturated rings. The Morgan fingerprint density at radius 3 is 2.10 bits per heavy atom. The van der Waals surface area contributed by atoms with E-state index in [0.717, 1.165) is 25.0 Å². The third-order valence-electron chi connectivity index (χ3n) is 4.22. The van der Waals surface area contributed by atoms with Crippen molar-refractivity contribution >= 4 is 0 Å². The van der Waals surface area contributed by atoms with Gasteiger partial charge < -0.3 is 10.1 Å². The maximum Gasteiger partial charge on any atom is 0.0580 e. The quantitative estimate of drug-likeness (QED) is 0.647. The molecule has 0 saturated heterocycles. The third kappa shape index (κ3) is 8.97. The maximum atomic E-state index is 6.07. The molecule has 0 heterocycles. The molecule has 1 rings (SSSR count). The van der Waals surface area contributed by atoms with Crippen molar-refractivity contribution in [3.05, 3.63) is 0 Å². The average molecular weight is 284 g/mol. The Hall–Kier alpha value is -0.0800. The van der Waals surface area contributed by atoms with Crippen LogP contribution in [0.25, 0.3) is 0 Å². The minimum atomic E-state index is 0.261. The molecule has 1 aliphatic carbocycles. The zero-order valence-corrected chi connectivity index (χ0v) is 14.5. The molecule has 2 heteroatoms. The minimum absolute atomic E-state index is 0.261. The van der Waals surface area contributed by atoms with Crippen LogP contribution in [0, 0.1) is 11.8 Å². The monoisotopic (exact) mass is 283 g/mol. The topological polar surface area (TPSA) is 21.3 Å². The second-order valence-corrected chi connectivity index (χ2v) is 8.00. The Labute approximate surface area is 127 Å². The molecular weight excluding hydrogens is 246 g/mol. The van der Waals surface area contributed by atoms with Crippen LogP contribution in [0.15, 0.2) is 0 Å². The normalized spacial score (nSPS) is 27.8. The summed E-state index contributed by atoms with van der Waals surface area (Å²) in [5, 5.41) is 3.54. The van der Waals surface area contributed by atoms with Crippen molar-refractivity contribution < 1.29 is 4.74 Å². The SMILES string of the molecule is CC1CC(C)CC(OCCCCCCNC(C)(C)C)C1. The summed E-state index contributed by atoms with van der Waals surface area (Å²) in [6, 6.07) is 0. The van der Waals surface area contributed by atoms with Crippen molar-refractivity contribution in [2.75, 3.05) is 13.2 Å². The van der Waals surface area contributed by atoms with Crippen LogP contribution in [0.1, 0.15) is 79.6 Å². The Balaban J connectivity index is 1.92. The van der Waals surface area contributed by atoms with Crippen LogP contribution in [0.3, 0.4) is 0 Å². The van der Waals surface area contributed by atoms with Crippen LogP contribution in [-0.4, -0.2) is 24.8 Å². The van der Waals surface area contributed by atoms with Gasteiger partial charge in [-0.3, -0.25) is 0 Å². The van der Waals surface area contributed by atoms with Gasteiger partial charge in [0.15, 0.2) is 0 Å². The summed E-state index contributed by atoms with van der Waals surface area (Å²) >= 11 is 0. The molecule has 0 radical (unpaired) electrons. The first-order valence-electron chi connectivity index (χ1n) is 8.73. The molecule has 0 aromatic carbocycles.